The molecule has 1 heterocycles. The van der Waals surface area contributed by atoms with Crippen molar-refractivity contribution in [2.24, 2.45) is 0 Å². The molecule has 0 saturated carbocycles. The molecule has 0 spiro atoms. The van der Waals surface area contributed by atoms with Crippen molar-refractivity contribution < 1.29 is 4.42 Å². The first-order chi connectivity index (χ1) is 31.8. The van der Waals surface area contributed by atoms with Crippen molar-refractivity contribution in [3.8, 4) is 55.6 Å². The van der Waals surface area contributed by atoms with Gasteiger partial charge in [0.15, 0.2) is 0 Å². The fraction of sp³-hybridized carbons (Fsp3) is 0.0938. The second kappa shape index (κ2) is 12.9. The molecule has 0 atom stereocenters. The topological polar surface area (TPSA) is 13.1 Å². The lowest BCUT2D eigenvalue weighted by Gasteiger charge is -2.24. The summed E-state index contributed by atoms with van der Waals surface area (Å²) in [5.74, 6) is 0. The van der Waals surface area contributed by atoms with Crippen LogP contribution in [-0.4, -0.2) is 0 Å². The summed E-state index contributed by atoms with van der Waals surface area (Å²) in [6.45, 7) is 9.59. The summed E-state index contributed by atoms with van der Waals surface area (Å²) in [7, 11) is 0. The molecule has 12 aromatic rings. The van der Waals surface area contributed by atoms with Gasteiger partial charge >= 0.3 is 0 Å². The second-order valence-electron chi connectivity index (χ2n) is 19.5. The minimum Gasteiger partial charge on any atom is -0.455 e. The zero-order valence-electron chi connectivity index (χ0n) is 36.9. The Balaban J connectivity index is 0.977. The Kier molecular flexibility index (Phi) is 7.30. The third-order valence-electron chi connectivity index (χ3n) is 15.4. The number of benzene rings is 11. The van der Waals surface area contributed by atoms with E-state index in [9.17, 15) is 0 Å². The van der Waals surface area contributed by atoms with Gasteiger partial charge in [0.2, 0.25) is 0 Å². The van der Waals surface area contributed by atoms with Gasteiger partial charge in [-0.3, -0.25) is 0 Å². The monoisotopic (exact) mass is 828 g/mol. The summed E-state index contributed by atoms with van der Waals surface area (Å²) in [4.78, 5) is 0. The quantitative estimate of drug-likeness (QED) is 0.162. The third-order valence-corrected chi connectivity index (χ3v) is 15.4. The Morgan fingerprint density at radius 3 is 1.66 bits per heavy atom. The van der Waals surface area contributed by atoms with E-state index in [1.54, 1.807) is 0 Å². The van der Waals surface area contributed by atoms with Crippen LogP contribution < -0.4 is 0 Å². The van der Waals surface area contributed by atoms with Gasteiger partial charge in [0.05, 0.1) is 0 Å². The van der Waals surface area contributed by atoms with Gasteiger partial charge in [-0.1, -0.05) is 198 Å². The van der Waals surface area contributed by atoms with Crippen LogP contribution in [0.1, 0.15) is 49.9 Å². The largest absolute Gasteiger partial charge is 0.455 e. The van der Waals surface area contributed by atoms with E-state index in [1.807, 2.05) is 0 Å². The van der Waals surface area contributed by atoms with Crippen LogP contribution in [0.4, 0.5) is 0 Å². The molecule has 0 amide bonds. The molecule has 1 aromatic heterocycles. The van der Waals surface area contributed by atoms with E-state index in [2.05, 4.69) is 222 Å². The normalized spacial score (nSPS) is 14.4. The maximum absolute atomic E-state index is 6.99. The molecule has 0 unspecified atom stereocenters. The van der Waals surface area contributed by atoms with E-state index < -0.39 is 0 Å². The summed E-state index contributed by atoms with van der Waals surface area (Å²) >= 11 is 0. The molecule has 65 heavy (non-hydrogen) atoms. The van der Waals surface area contributed by atoms with Crippen molar-refractivity contribution in [3.05, 3.63) is 216 Å². The van der Waals surface area contributed by atoms with Crippen LogP contribution in [0.5, 0.6) is 0 Å². The van der Waals surface area contributed by atoms with Crippen LogP contribution in [0.2, 0.25) is 0 Å². The van der Waals surface area contributed by atoms with Gasteiger partial charge in [0, 0.05) is 27.0 Å². The van der Waals surface area contributed by atoms with Gasteiger partial charge in [-0.2, -0.15) is 0 Å². The van der Waals surface area contributed by atoms with Crippen molar-refractivity contribution in [2.45, 2.75) is 38.5 Å². The minimum absolute atomic E-state index is 0.200. The van der Waals surface area contributed by atoms with Crippen molar-refractivity contribution in [1.82, 2.24) is 0 Å². The van der Waals surface area contributed by atoms with Crippen molar-refractivity contribution in [3.63, 3.8) is 0 Å². The van der Waals surface area contributed by atoms with Crippen LogP contribution in [-0.2, 0) is 10.8 Å². The zero-order chi connectivity index (χ0) is 43.3. The first-order valence-corrected chi connectivity index (χ1v) is 23.0. The Bertz CT molecular complexity index is 4000. The summed E-state index contributed by atoms with van der Waals surface area (Å²) in [6, 6.07) is 72.6. The fourth-order valence-corrected chi connectivity index (χ4v) is 12.4. The summed E-state index contributed by atoms with van der Waals surface area (Å²) in [6.07, 6.45) is 0. The van der Waals surface area contributed by atoms with E-state index in [4.69, 9.17) is 4.42 Å². The fourth-order valence-electron chi connectivity index (χ4n) is 12.4. The maximum atomic E-state index is 6.99. The van der Waals surface area contributed by atoms with Crippen LogP contribution in [0.15, 0.2) is 199 Å². The summed E-state index contributed by atoms with van der Waals surface area (Å²) < 4.78 is 6.99. The predicted molar refractivity (Wildman–Crippen MR) is 275 cm³/mol. The highest BCUT2D eigenvalue weighted by Crippen LogP contribution is 2.58. The standard InChI is InChI=1S/C64H44O/c1-63(2)54-33-30-39(51-36-56-60(50-32-28-38-17-6-8-20-42(38)62(50)65-56)61-59(51)49-25-13-14-27-53(49)64(61,3)4)34-52(54)43-31-29-40(35-55(43)63)57-45-21-9-11-23-47(45)58(48-24-12-10-22-46(48)57)44-26-15-18-37-16-5-7-19-41(37)44/h5-36H,1-4H3. The van der Waals surface area contributed by atoms with Crippen LogP contribution in [0, 0.1) is 0 Å². The molecule has 14 rings (SSSR count). The predicted octanol–water partition coefficient (Wildman–Crippen LogP) is 17.8. The Morgan fingerprint density at radius 2 is 0.908 bits per heavy atom. The zero-order valence-corrected chi connectivity index (χ0v) is 36.9. The first-order valence-electron chi connectivity index (χ1n) is 23.0. The van der Waals surface area contributed by atoms with Gasteiger partial charge in [0.1, 0.15) is 11.2 Å². The second-order valence-corrected chi connectivity index (χ2v) is 19.5. The van der Waals surface area contributed by atoms with Crippen molar-refractivity contribution in [1.29, 1.82) is 0 Å². The Morgan fingerprint density at radius 1 is 0.323 bits per heavy atom. The number of hydrogen-bond donors (Lipinski definition) is 0. The lowest BCUT2D eigenvalue weighted by Crippen LogP contribution is -2.15. The molecule has 0 radical (unpaired) electrons. The molecule has 1 heteroatoms. The number of fused-ring (bicyclic) bond motifs is 15. The molecular weight excluding hydrogens is 785 g/mol. The number of hydrogen-bond acceptors (Lipinski definition) is 1. The Hall–Kier alpha value is -7.74. The molecule has 0 aliphatic heterocycles. The molecule has 11 aromatic carbocycles. The number of furan rings is 1. The number of rotatable bonds is 3. The van der Waals surface area contributed by atoms with E-state index >= 15 is 0 Å². The molecule has 0 N–H and O–H groups in total. The highest BCUT2D eigenvalue weighted by molar-refractivity contribution is 6.24. The molecular formula is C64H44O. The van der Waals surface area contributed by atoms with E-state index in [-0.39, 0.29) is 10.8 Å². The van der Waals surface area contributed by atoms with Crippen molar-refractivity contribution >= 4 is 65.0 Å². The van der Waals surface area contributed by atoms with E-state index in [0.29, 0.717) is 0 Å². The van der Waals surface area contributed by atoms with Crippen LogP contribution in [0.25, 0.3) is 121 Å². The van der Waals surface area contributed by atoms with E-state index in [1.165, 1.54) is 126 Å². The van der Waals surface area contributed by atoms with Gasteiger partial charge < -0.3 is 4.42 Å². The molecule has 1 nitrogen and oxygen atoms in total. The SMILES string of the molecule is CC1(C)c2ccc(-c3cc4oc5c6ccccc6ccc5c4c4c3-c3ccccc3C4(C)C)cc2-c2ccc(-c3c4ccccc4c(-c4cccc5ccccc45)c4ccccc34)cc21. The smallest absolute Gasteiger partial charge is 0.143 e. The Labute approximate surface area is 378 Å². The molecule has 0 saturated heterocycles. The summed E-state index contributed by atoms with van der Waals surface area (Å²) in [5.41, 5.74) is 19.8. The molecule has 306 valence electrons. The highest BCUT2D eigenvalue weighted by atomic mass is 16.3. The van der Waals surface area contributed by atoms with Crippen LogP contribution >= 0.6 is 0 Å². The molecule has 0 bridgehead atoms. The lowest BCUT2D eigenvalue weighted by atomic mass is 9.79. The third kappa shape index (κ3) is 4.88. The average Bonchev–Trinajstić information content (AvgIpc) is 3.92. The minimum atomic E-state index is -0.216. The maximum Gasteiger partial charge on any atom is 0.143 e. The highest BCUT2D eigenvalue weighted by Gasteiger charge is 2.41. The van der Waals surface area contributed by atoms with E-state index in [0.717, 1.165) is 16.6 Å². The summed E-state index contributed by atoms with van der Waals surface area (Å²) in [5, 5.41) is 12.4. The molecule has 0 fully saturated rings. The average molecular weight is 829 g/mol. The van der Waals surface area contributed by atoms with Gasteiger partial charge in [-0.05, 0) is 140 Å². The van der Waals surface area contributed by atoms with Gasteiger partial charge in [0.25, 0.3) is 0 Å². The van der Waals surface area contributed by atoms with Gasteiger partial charge in [-0.15, -0.1) is 0 Å². The van der Waals surface area contributed by atoms with Gasteiger partial charge in [-0.25, -0.2) is 0 Å². The lowest BCUT2D eigenvalue weighted by molar-refractivity contribution is 0.658. The van der Waals surface area contributed by atoms with Crippen molar-refractivity contribution in [2.75, 3.05) is 0 Å². The molecule has 2 aliphatic carbocycles. The van der Waals surface area contributed by atoms with Crippen LogP contribution in [0.3, 0.4) is 0 Å². The first kappa shape index (κ1) is 36.7. The molecule has 2 aliphatic rings.